The van der Waals surface area contributed by atoms with Gasteiger partial charge in [0, 0.05) is 11.4 Å². The molecule has 3 aromatic rings. The molecule has 1 N–H and O–H groups in total. The van der Waals surface area contributed by atoms with E-state index in [1.165, 1.54) is 35.6 Å². The van der Waals surface area contributed by atoms with Gasteiger partial charge in [-0.15, -0.1) is 10.2 Å². The minimum atomic E-state index is -0.264. The average molecular weight is 389 g/mol. The molecule has 3 rings (SSSR count). The van der Waals surface area contributed by atoms with Crippen molar-refractivity contribution < 1.29 is 8.78 Å². The molecule has 2 aromatic carbocycles. The van der Waals surface area contributed by atoms with Gasteiger partial charge >= 0.3 is 0 Å². The maximum absolute atomic E-state index is 13.1. The third-order valence-electron chi connectivity index (χ3n) is 3.49. The van der Waals surface area contributed by atoms with Gasteiger partial charge in [-0.2, -0.15) is 0 Å². The van der Waals surface area contributed by atoms with Gasteiger partial charge < -0.3 is 5.32 Å². The molecule has 0 radical (unpaired) electrons. The van der Waals surface area contributed by atoms with E-state index in [1.54, 1.807) is 36.0 Å². The first-order valence-corrected chi connectivity index (χ1v) is 9.88. The van der Waals surface area contributed by atoms with Crippen LogP contribution in [0, 0.1) is 11.6 Å². The highest BCUT2D eigenvalue weighted by Gasteiger charge is 2.08. The lowest BCUT2D eigenvalue weighted by Crippen LogP contribution is -1.98. The van der Waals surface area contributed by atoms with Gasteiger partial charge in [-0.1, -0.05) is 60.4 Å². The molecule has 0 fully saturated rings. The predicted octanol–water partition coefficient (Wildman–Crippen LogP) is 5.97. The van der Waals surface area contributed by atoms with Crippen LogP contribution in [0.2, 0.25) is 0 Å². The van der Waals surface area contributed by atoms with E-state index in [9.17, 15) is 8.78 Å². The molecule has 0 amide bonds. The molecule has 7 heteroatoms. The van der Waals surface area contributed by atoms with E-state index in [1.807, 2.05) is 13.0 Å². The number of nitrogens with one attached hydrogen (secondary N) is 1. The van der Waals surface area contributed by atoms with Crippen LogP contribution in [0.15, 0.2) is 58.9 Å². The Bertz CT molecular complexity index is 875. The molecular formula is C19H17F2N3S2. The van der Waals surface area contributed by atoms with Crippen LogP contribution in [-0.4, -0.2) is 10.2 Å². The van der Waals surface area contributed by atoms with E-state index in [0.717, 1.165) is 27.6 Å². The third kappa shape index (κ3) is 5.12. The fraction of sp³-hybridized carbons (Fsp3) is 0.158. The third-order valence-corrected chi connectivity index (χ3v) is 5.53. The fourth-order valence-corrected chi connectivity index (χ4v) is 3.95. The van der Waals surface area contributed by atoms with E-state index in [0.29, 0.717) is 10.9 Å². The monoisotopic (exact) mass is 389 g/mol. The lowest BCUT2D eigenvalue weighted by Gasteiger charge is -2.08. The lowest BCUT2D eigenvalue weighted by molar-refractivity contribution is 0.627. The van der Waals surface area contributed by atoms with Crippen LogP contribution in [-0.2, 0) is 5.75 Å². The molecule has 1 heterocycles. The zero-order valence-corrected chi connectivity index (χ0v) is 15.7. The molecule has 0 spiro atoms. The lowest BCUT2D eigenvalue weighted by atomic mass is 10.1. The summed E-state index contributed by atoms with van der Waals surface area (Å²) in [5, 5.41) is 12.3. The Morgan fingerprint density at radius 2 is 1.69 bits per heavy atom. The number of hydrogen-bond donors (Lipinski definition) is 1. The molecule has 0 aliphatic rings. The SMILES string of the molecule is CC/C=C(/Nc1nnc(SCc2ccc(F)cc2)s1)c1ccc(F)cc1. The van der Waals surface area contributed by atoms with Crippen molar-refractivity contribution in [3.8, 4) is 0 Å². The highest BCUT2D eigenvalue weighted by atomic mass is 32.2. The smallest absolute Gasteiger partial charge is 0.210 e. The summed E-state index contributed by atoms with van der Waals surface area (Å²) >= 11 is 3.00. The summed E-state index contributed by atoms with van der Waals surface area (Å²) in [5.41, 5.74) is 2.79. The zero-order valence-electron chi connectivity index (χ0n) is 14.1. The van der Waals surface area contributed by atoms with Crippen LogP contribution >= 0.6 is 23.1 Å². The Balaban J connectivity index is 1.65. The Kier molecular flexibility index (Phi) is 6.35. The van der Waals surface area contributed by atoms with Crippen molar-refractivity contribution in [3.05, 3.63) is 77.4 Å². The number of halogens is 2. The number of benzene rings is 2. The average Bonchev–Trinajstić information content (AvgIpc) is 3.09. The first-order chi connectivity index (χ1) is 12.6. The molecule has 0 aliphatic carbocycles. The standard InChI is InChI=1S/C19H17F2N3S2/c1-2-3-17(14-6-10-16(21)11-7-14)22-18-23-24-19(26-18)25-12-13-4-8-15(20)9-5-13/h3-11H,2,12H2,1H3,(H,22,23)/b17-3+. The second kappa shape index (κ2) is 8.91. The van der Waals surface area contributed by atoms with E-state index < -0.39 is 0 Å². The minimum absolute atomic E-state index is 0.239. The Hall–Kier alpha value is -2.25. The topological polar surface area (TPSA) is 37.8 Å². The molecule has 0 saturated heterocycles. The van der Waals surface area contributed by atoms with Crippen molar-refractivity contribution in [2.24, 2.45) is 0 Å². The molecule has 26 heavy (non-hydrogen) atoms. The number of anilines is 1. The molecule has 0 bridgehead atoms. The fourth-order valence-electron chi connectivity index (χ4n) is 2.23. The van der Waals surface area contributed by atoms with Crippen molar-refractivity contribution >= 4 is 33.9 Å². The van der Waals surface area contributed by atoms with Crippen molar-refractivity contribution in [1.82, 2.24) is 10.2 Å². The zero-order chi connectivity index (χ0) is 18.4. The van der Waals surface area contributed by atoms with Gasteiger partial charge in [0.05, 0.1) is 0 Å². The largest absolute Gasteiger partial charge is 0.330 e. The first kappa shape index (κ1) is 18.5. The molecule has 0 atom stereocenters. The Labute approximate surface area is 159 Å². The van der Waals surface area contributed by atoms with Gasteiger partial charge in [0.2, 0.25) is 5.13 Å². The van der Waals surface area contributed by atoms with Crippen LogP contribution in [0.3, 0.4) is 0 Å². The number of aromatic nitrogens is 2. The highest BCUT2D eigenvalue weighted by molar-refractivity contribution is 8.00. The van der Waals surface area contributed by atoms with E-state index in [2.05, 4.69) is 15.5 Å². The van der Waals surface area contributed by atoms with E-state index in [-0.39, 0.29) is 11.6 Å². The van der Waals surface area contributed by atoms with Gasteiger partial charge in [0.25, 0.3) is 0 Å². The highest BCUT2D eigenvalue weighted by Crippen LogP contribution is 2.30. The van der Waals surface area contributed by atoms with Crippen LogP contribution in [0.1, 0.15) is 24.5 Å². The van der Waals surface area contributed by atoms with Gasteiger partial charge in [-0.3, -0.25) is 0 Å². The second-order valence-electron chi connectivity index (χ2n) is 5.45. The van der Waals surface area contributed by atoms with Gasteiger partial charge in [-0.25, -0.2) is 8.78 Å². The Morgan fingerprint density at radius 3 is 2.35 bits per heavy atom. The summed E-state index contributed by atoms with van der Waals surface area (Å²) in [7, 11) is 0. The predicted molar refractivity (Wildman–Crippen MR) is 104 cm³/mol. The van der Waals surface area contributed by atoms with Gasteiger partial charge in [0.15, 0.2) is 4.34 Å². The maximum atomic E-state index is 13.1. The Morgan fingerprint density at radius 1 is 1.04 bits per heavy atom. The van der Waals surface area contributed by atoms with Crippen molar-refractivity contribution in [2.75, 3.05) is 5.32 Å². The normalized spacial score (nSPS) is 11.6. The van der Waals surface area contributed by atoms with Gasteiger partial charge in [-0.05, 0) is 41.8 Å². The number of thioether (sulfide) groups is 1. The minimum Gasteiger partial charge on any atom is -0.330 e. The number of nitrogens with zero attached hydrogens (tertiary/aromatic N) is 2. The molecule has 0 aliphatic heterocycles. The summed E-state index contributed by atoms with van der Waals surface area (Å²) in [6.07, 6.45) is 2.87. The van der Waals surface area contributed by atoms with Gasteiger partial charge in [0.1, 0.15) is 11.6 Å². The molecule has 134 valence electrons. The van der Waals surface area contributed by atoms with Crippen LogP contribution in [0.4, 0.5) is 13.9 Å². The van der Waals surface area contributed by atoms with E-state index in [4.69, 9.17) is 0 Å². The number of hydrogen-bond acceptors (Lipinski definition) is 5. The van der Waals surface area contributed by atoms with Crippen LogP contribution < -0.4 is 5.32 Å². The first-order valence-electron chi connectivity index (χ1n) is 8.08. The molecule has 3 nitrogen and oxygen atoms in total. The molecule has 0 saturated carbocycles. The number of allylic oxidation sites excluding steroid dienone is 1. The summed E-state index contributed by atoms with van der Waals surface area (Å²) in [4.78, 5) is 0. The molecular weight excluding hydrogens is 372 g/mol. The quantitative estimate of drug-likeness (QED) is 0.505. The van der Waals surface area contributed by atoms with Crippen molar-refractivity contribution in [2.45, 2.75) is 23.4 Å². The summed E-state index contributed by atoms with van der Waals surface area (Å²) in [5.74, 6) is 0.196. The van der Waals surface area contributed by atoms with E-state index >= 15 is 0 Å². The summed E-state index contributed by atoms with van der Waals surface area (Å²) in [6, 6.07) is 12.8. The summed E-state index contributed by atoms with van der Waals surface area (Å²) in [6.45, 7) is 2.04. The van der Waals surface area contributed by atoms with Crippen molar-refractivity contribution in [3.63, 3.8) is 0 Å². The van der Waals surface area contributed by atoms with Crippen LogP contribution in [0.25, 0.3) is 5.70 Å². The summed E-state index contributed by atoms with van der Waals surface area (Å²) < 4.78 is 26.9. The van der Waals surface area contributed by atoms with Crippen molar-refractivity contribution in [1.29, 1.82) is 0 Å². The maximum Gasteiger partial charge on any atom is 0.210 e. The molecule has 1 aromatic heterocycles. The molecule has 0 unspecified atom stereocenters. The van der Waals surface area contributed by atoms with Crippen LogP contribution in [0.5, 0.6) is 0 Å². The number of rotatable bonds is 7. The second-order valence-corrected chi connectivity index (χ2v) is 7.65.